The minimum atomic E-state index is 0.0911. The van der Waals surface area contributed by atoms with Gasteiger partial charge in [0.2, 0.25) is 0 Å². The molecule has 0 N–H and O–H groups in total. The summed E-state index contributed by atoms with van der Waals surface area (Å²) in [6.07, 6.45) is 1.22. The van der Waals surface area contributed by atoms with Crippen LogP contribution >= 0.6 is 0 Å². The van der Waals surface area contributed by atoms with Gasteiger partial charge in [-0.2, -0.15) is 5.26 Å². The molecule has 3 heteroatoms. The summed E-state index contributed by atoms with van der Waals surface area (Å²) in [5.74, 6) is 0.573. The molecule has 1 heterocycles. The Labute approximate surface area is 79.3 Å². The Hall–Kier alpha value is -0.880. The van der Waals surface area contributed by atoms with Crippen LogP contribution in [0.2, 0.25) is 0 Å². The van der Waals surface area contributed by atoms with Crippen LogP contribution in [-0.2, 0) is 4.79 Å². The summed E-state index contributed by atoms with van der Waals surface area (Å²) in [5, 5.41) is 8.44. The maximum atomic E-state index is 11.6. The minimum Gasteiger partial charge on any atom is -0.305 e. The largest absolute Gasteiger partial charge is 0.305 e. The average Bonchev–Trinajstić information content (AvgIpc) is 2.09. The summed E-state index contributed by atoms with van der Waals surface area (Å²) < 4.78 is 0. The highest BCUT2D eigenvalue weighted by Gasteiger charge is 2.30. The number of hydrogen-bond donors (Lipinski definition) is 0. The van der Waals surface area contributed by atoms with Crippen molar-refractivity contribution in [3.63, 3.8) is 0 Å². The van der Waals surface area contributed by atoms with E-state index in [1.54, 1.807) is 0 Å². The molecule has 0 aromatic heterocycles. The van der Waals surface area contributed by atoms with E-state index in [0.717, 1.165) is 19.5 Å². The van der Waals surface area contributed by atoms with E-state index in [9.17, 15) is 4.79 Å². The molecule has 72 valence electrons. The van der Waals surface area contributed by atoms with Gasteiger partial charge in [-0.1, -0.05) is 6.92 Å². The third kappa shape index (κ3) is 2.53. The number of carbonyl (C=O) groups is 1. The van der Waals surface area contributed by atoms with Gasteiger partial charge in [-0.05, 0) is 13.5 Å². The fraction of sp³-hybridized carbons (Fsp3) is 0.800. The lowest BCUT2D eigenvalue weighted by molar-refractivity contribution is -0.130. The highest BCUT2D eigenvalue weighted by Crippen LogP contribution is 2.20. The standard InChI is InChI=1S/C10H16N2O/c1-8-6-12(2)7-9(10(8)13)4-3-5-11/h8-9H,3-4,6-7H2,1-2H3. The highest BCUT2D eigenvalue weighted by molar-refractivity contribution is 5.84. The number of carbonyl (C=O) groups excluding carboxylic acids is 1. The lowest BCUT2D eigenvalue weighted by Crippen LogP contribution is -2.43. The quantitative estimate of drug-likeness (QED) is 0.638. The predicted molar refractivity (Wildman–Crippen MR) is 50.0 cm³/mol. The molecule has 0 aliphatic carbocycles. The van der Waals surface area contributed by atoms with Crippen molar-refractivity contribution in [3.05, 3.63) is 0 Å². The van der Waals surface area contributed by atoms with Crippen LogP contribution in [0.25, 0.3) is 0 Å². The van der Waals surface area contributed by atoms with Gasteiger partial charge < -0.3 is 4.90 Å². The van der Waals surface area contributed by atoms with Crippen molar-refractivity contribution in [2.45, 2.75) is 19.8 Å². The van der Waals surface area contributed by atoms with Gasteiger partial charge in [-0.15, -0.1) is 0 Å². The summed E-state index contributed by atoms with van der Waals surface area (Å²) in [4.78, 5) is 13.8. The summed E-state index contributed by atoms with van der Waals surface area (Å²) >= 11 is 0. The summed E-state index contributed by atoms with van der Waals surface area (Å²) in [7, 11) is 2.03. The highest BCUT2D eigenvalue weighted by atomic mass is 16.1. The fourth-order valence-corrected chi connectivity index (χ4v) is 1.97. The zero-order valence-corrected chi connectivity index (χ0v) is 8.29. The lowest BCUT2D eigenvalue weighted by Gasteiger charge is -2.32. The molecule has 2 unspecified atom stereocenters. The number of nitriles is 1. The van der Waals surface area contributed by atoms with Crippen molar-refractivity contribution in [1.29, 1.82) is 5.26 Å². The third-order valence-corrected chi connectivity index (χ3v) is 2.61. The van der Waals surface area contributed by atoms with E-state index in [1.807, 2.05) is 14.0 Å². The molecular formula is C10H16N2O. The summed E-state index contributed by atoms with van der Waals surface area (Å²) in [6, 6.07) is 2.09. The third-order valence-electron chi connectivity index (χ3n) is 2.61. The van der Waals surface area contributed by atoms with Gasteiger partial charge >= 0.3 is 0 Å². The Morgan fingerprint density at radius 2 is 2.31 bits per heavy atom. The number of ketones is 1. The number of likely N-dealkylation sites (tertiary alicyclic amines) is 1. The van der Waals surface area contributed by atoms with Gasteiger partial charge in [0.05, 0.1) is 6.07 Å². The van der Waals surface area contributed by atoms with Crippen LogP contribution in [0.5, 0.6) is 0 Å². The molecule has 1 saturated heterocycles. The van der Waals surface area contributed by atoms with E-state index in [-0.39, 0.29) is 11.8 Å². The number of Topliss-reactive ketones (excluding diaryl/α,β-unsaturated/α-hetero) is 1. The fourth-order valence-electron chi connectivity index (χ4n) is 1.97. The molecule has 1 aliphatic heterocycles. The van der Waals surface area contributed by atoms with Crippen LogP contribution in [0.3, 0.4) is 0 Å². The first-order chi connectivity index (χ1) is 6.15. The average molecular weight is 180 g/mol. The van der Waals surface area contributed by atoms with Crippen LogP contribution in [-0.4, -0.2) is 30.8 Å². The van der Waals surface area contributed by atoms with Crippen molar-refractivity contribution < 1.29 is 4.79 Å². The molecular weight excluding hydrogens is 164 g/mol. The molecule has 0 amide bonds. The van der Waals surface area contributed by atoms with Crippen molar-refractivity contribution in [2.75, 3.05) is 20.1 Å². The predicted octanol–water partition coefficient (Wildman–Crippen LogP) is 1.06. The van der Waals surface area contributed by atoms with Crippen LogP contribution in [0.15, 0.2) is 0 Å². The molecule has 0 saturated carbocycles. The number of piperidine rings is 1. The van der Waals surface area contributed by atoms with Crippen LogP contribution in [0.1, 0.15) is 19.8 Å². The Bertz CT molecular complexity index is 232. The van der Waals surface area contributed by atoms with Crippen molar-refractivity contribution in [3.8, 4) is 6.07 Å². The number of nitrogens with zero attached hydrogens (tertiary/aromatic N) is 2. The number of rotatable bonds is 2. The van der Waals surface area contributed by atoms with Gasteiger partial charge in [-0.3, -0.25) is 4.79 Å². The maximum absolute atomic E-state index is 11.6. The van der Waals surface area contributed by atoms with Crippen LogP contribution in [0, 0.1) is 23.2 Å². The van der Waals surface area contributed by atoms with E-state index >= 15 is 0 Å². The SMILES string of the molecule is CC1CN(C)CC(CCC#N)C1=O. The first kappa shape index (κ1) is 10.2. The Morgan fingerprint density at radius 3 is 2.92 bits per heavy atom. The molecule has 13 heavy (non-hydrogen) atoms. The topological polar surface area (TPSA) is 44.1 Å². The second-order valence-electron chi connectivity index (χ2n) is 3.92. The lowest BCUT2D eigenvalue weighted by atomic mass is 9.86. The van der Waals surface area contributed by atoms with E-state index in [1.165, 1.54) is 0 Å². The zero-order chi connectivity index (χ0) is 9.84. The van der Waals surface area contributed by atoms with Gasteiger partial charge in [0.15, 0.2) is 0 Å². The van der Waals surface area contributed by atoms with Crippen molar-refractivity contribution in [2.24, 2.45) is 11.8 Å². The summed E-state index contributed by atoms with van der Waals surface area (Å²) in [5.41, 5.74) is 0. The zero-order valence-electron chi connectivity index (χ0n) is 8.29. The van der Waals surface area contributed by atoms with Crippen molar-refractivity contribution >= 4 is 5.78 Å². The normalized spacial score (nSPS) is 30.1. The van der Waals surface area contributed by atoms with Gasteiger partial charge in [0.1, 0.15) is 5.78 Å². The second kappa shape index (κ2) is 4.38. The van der Waals surface area contributed by atoms with E-state index in [2.05, 4.69) is 11.0 Å². The van der Waals surface area contributed by atoms with E-state index in [4.69, 9.17) is 5.26 Å². The van der Waals surface area contributed by atoms with Gasteiger partial charge in [-0.25, -0.2) is 0 Å². The summed E-state index contributed by atoms with van der Waals surface area (Å²) in [6.45, 7) is 3.66. The molecule has 3 nitrogen and oxygen atoms in total. The smallest absolute Gasteiger partial charge is 0.141 e. The Balaban J connectivity index is 2.52. The number of hydrogen-bond acceptors (Lipinski definition) is 3. The Morgan fingerprint density at radius 1 is 1.62 bits per heavy atom. The monoisotopic (exact) mass is 180 g/mol. The first-order valence-corrected chi connectivity index (χ1v) is 4.74. The molecule has 0 radical (unpaired) electrons. The van der Waals surface area contributed by atoms with Crippen LogP contribution in [0.4, 0.5) is 0 Å². The second-order valence-corrected chi connectivity index (χ2v) is 3.92. The Kier molecular flexibility index (Phi) is 3.44. The van der Waals surface area contributed by atoms with Gasteiger partial charge in [0, 0.05) is 31.3 Å². The molecule has 2 atom stereocenters. The van der Waals surface area contributed by atoms with Crippen LogP contribution < -0.4 is 0 Å². The van der Waals surface area contributed by atoms with Gasteiger partial charge in [0.25, 0.3) is 0 Å². The van der Waals surface area contributed by atoms with Crippen molar-refractivity contribution in [1.82, 2.24) is 4.90 Å². The molecule has 1 fully saturated rings. The minimum absolute atomic E-state index is 0.0911. The molecule has 0 bridgehead atoms. The molecule has 1 rings (SSSR count). The molecule has 0 spiro atoms. The maximum Gasteiger partial charge on any atom is 0.141 e. The molecule has 0 aromatic rings. The van der Waals surface area contributed by atoms with E-state index in [0.29, 0.717) is 12.2 Å². The first-order valence-electron chi connectivity index (χ1n) is 4.74. The molecule has 0 aromatic carbocycles. The molecule has 1 aliphatic rings. The van der Waals surface area contributed by atoms with E-state index < -0.39 is 0 Å².